The number of hydrogen-bond donors (Lipinski definition) is 0. The van der Waals surface area contributed by atoms with Gasteiger partial charge >= 0.3 is 6.09 Å². The van der Waals surface area contributed by atoms with Gasteiger partial charge in [-0.05, 0) is 44.9 Å². The smallest absolute Gasteiger partial charge is 0.434 e. The molecule has 0 saturated carbocycles. The average molecular weight is 310 g/mol. The second-order valence-electron chi connectivity index (χ2n) is 5.78. The largest absolute Gasteiger partial charge is 0.443 e. The molecule has 22 heavy (non-hydrogen) atoms. The number of carbonyl (C=O) groups is 1. The molecule has 0 aliphatic heterocycles. The third-order valence-corrected chi connectivity index (χ3v) is 2.71. The maximum absolute atomic E-state index is 12.1. The summed E-state index contributed by atoms with van der Waals surface area (Å²) in [7, 11) is 0. The van der Waals surface area contributed by atoms with Gasteiger partial charge in [0, 0.05) is 12.1 Å². The lowest BCUT2D eigenvalue weighted by atomic mass is 10.1. The van der Waals surface area contributed by atoms with E-state index in [1.807, 2.05) is 27.7 Å². The van der Waals surface area contributed by atoms with Crippen molar-refractivity contribution in [1.29, 1.82) is 0 Å². The molecule has 0 fully saturated rings. The molecule has 0 unspecified atom stereocenters. The van der Waals surface area contributed by atoms with Gasteiger partial charge in [-0.25, -0.2) is 4.79 Å². The number of rotatable bonds is 6. The third kappa shape index (κ3) is 5.33. The van der Waals surface area contributed by atoms with Crippen LogP contribution in [0.15, 0.2) is 24.3 Å². The molecule has 1 aromatic carbocycles. The predicted octanol–water partition coefficient (Wildman–Crippen LogP) is 3.67. The Morgan fingerprint density at radius 3 is 2.32 bits per heavy atom. The molecule has 0 spiro atoms. The second-order valence-corrected chi connectivity index (χ2v) is 5.78. The summed E-state index contributed by atoms with van der Waals surface area (Å²) in [6.45, 7) is 7.92. The predicted molar refractivity (Wildman–Crippen MR) is 81.1 cm³/mol. The molecule has 0 heterocycles. The fraction of sp³-hybridized carbons (Fsp3) is 0.533. The monoisotopic (exact) mass is 310 g/mol. The van der Waals surface area contributed by atoms with Crippen LogP contribution in [0.5, 0.6) is 0 Å². The lowest BCUT2D eigenvalue weighted by molar-refractivity contribution is -0.384. The topological polar surface area (TPSA) is 81.9 Å². The minimum atomic E-state index is -0.584. The first-order chi connectivity index (χ1) is 10.3. The van der Waals surface area contributed by atoms with Crippen LogP contribution in [0.25, 0.3) is 0 Å². The van der Waals surface area contributed by atoms with Crippen molar-refractivity contribution in [1.82, 2.24) is 5.06 Å². The van der Waals surface area contributed by atoms with Crippen molar-refractivity contribution >= 4 is 11.8 Å². The zero-order valence-electron chi connectivity index (χ0n) is 13.4. The van der Waals surface area contributed by atoms with Crippen molar-refractivity contribution in [3.8, 4) is 0 Å². The summed E-state index contributed by atoms with van der Waals surface area (Å²) in [5.41, 5.74) is 0.142. The highest BCUT2D eigenvalue weighted by Gasteiger charge is 2.29. The van der Waals surface area contributed by atoms with E-state index in [4.69, 9.17) is 9.57 Å². The average Bonchev–Trinajstić information content (AvgIpc) is 2.44. The number of nitrogens with zero attached hydrogens (tertiary/aromatic N) is 2. The fourth-order valence-electron chi connectivity index (χ4n) is 1.62. The van der Waals surface area contributed by atoms with E-state index >= 15 is 0 Å². The van der Waals surface area contributed by atoms with E-state index in [9.17, 15) is 14.9 Å². The van der Waals surface area contributed by atoms with Crippen molar-refractivity contribution in [2.75, 3.05) is 6.61 Å². The molecule has 0 radical (unpaired) electrons. The molecule has 1 rings (SSSR count). The first-order valence-corrected chi connectivity index (χ1v) is 7.09. The molecule has 7 heteroatoms. The van der Waals surface area contributed by atoms with Crippen LogP contribution >= 0.6 is 0 Å². The van der Waals surface area contributed by atoms with Crippen molar-refractivity contribution in [2.45, 2.75) is 46.3 Å². The number of nitro benzene ring substituents is 1. The summed E-state index contributed by atoms with van der Waals surface area (Å²) in [4.78, 5) is 27.6. The minimum absolute atomic E-state index is 0.00215. The molecule has 1 aromatic rings. The van der Waals surface area contributed by atoms with E-state index in [2.05, 4.69) is 0 Å². The van der Waals surface area contributed by atoms with E-state index in [1.54, 1.807) is 12.1 Å². The quantitative estimate of drug-likeness (QED) is 0.591. The molecule has 0 aliphatic carbocycles. The molecular formula is C15H22N2O5. The lowest BCUT2D eigenvalue weighted by Crippen LogP contribution is -2.45. The highest BCUT2D eigenvalue weighted by Crippen LogP contribution is 2.17. The zero-order valence-corrected chi connectivity index (χ0v) is 13.4. The number of non-ortho nitro benzene ring substituents is 1. The molecule has 7 nitrogen and oxygen atoms in total. The molecule has 0 saturated heterocycles. The van der Waals surface area contributed by atoms with E-state index in [1.165, 1.54) is 17.2 Å². The molecule has 0 aromatic heterocycles. The van der Waals surface area contributed by atoms with Crippen LogP contribution in [0, 0.1) is 10.1 Å². The van der Waals surface area contributed by atoms with Gasteiger partial charge < -0.3 is 4.74 Å². The van der Waals surface area contributed by atoms with Crippen LogP contribution in [0.2, 0.25) is 0 Å². The van der Waals surface area contributed by atoms with Crippen molar-refractivity contribution in [2.24, 2.45) is 0 Å². The maximum Gasteiger partial charge on any atom is 0.434 e. The Morgan fingerprint density at radius 1 is 1.27 bits per heavy atom. The lowest BCUT2D eigenvalue weighted by Gasteiger charge is -2.33. The summed E-state index contributed by atoms with van der Waals surface area (Å²) in [6, 6.07) is 5.86. The highest BCUT2D eigenvalue weighted by molar-refractivity contribution is 5.67. The van der Waals surface area contributed by atoms with Gasteiger partial charge in [0.25, 0.3) is 5.69 Å². The number of amides is 1. The van der Waals surface area contributed by atoms with Gasteiger partial charge in [-0.15, -0.1) is 0 Å². The molecule has 1 amide bonds. The first-order valence-electron chi connectivity index (χ1n) is 7.09. The van der Waals surface area contributed by atoms with Crippen LogP contribution in [0.1, 0.15) is 39.7 Å². The molecule has 0 aliphatic rings. The summed E-state index contributed by atoms with van der Waals surface area (Å²) >= 11 is 0. The van der Waals surface area contributed by atoms with Gasteiger partial charge in [0.2, 0.25) is 0 Å². The first kappa shape index (κ1) is 17.9. The van der Waals surface area contributed by atoms with Crippen LogP contribution in [0.4, 0.5) is 10.5 Å². The van der Waals surface area contributed by atoms with Crippen LogP contribution in [-0.4, -0.2) is 28.2 Å². The number of nitro groups is 1. The van der Waals surface area contributed by atoms with E-state index in [-0.39, 0.29) is 12.3 Å². The summed E-state index contributed by atoms with van der Waals surface area (Å²) in [6.07, 6.45) is 0.196. The standard InChI is InChI=1S/C15H22N2O5/c1-5-10-22-16(15(2,3)4)14(18)21-11-12-6-8-13(9-7-12)17(19)20/h6-9H,5,10-11H2,1-4H3. The summed E-state index contributed by atoms with van der Waals surface area (Å²) in [5, 5.41) is 11.8. The van der Waals surface area contributed by atoms with Gasteiger partial charge in [0.1, 0.15) is 6.61 Å². The Morgan fingerprint density at radius 2 is 1.86 bits per heavy atom. The highest BCUT2D eigenvalue weighted by atomic mass is 16.7. The van der Waals surface area contributed by atoms with Gasteiger partial charge in [-0.1, -0.05) is 6.92 Å². The van der Waals surface area contributed by atoms with E-state index < -0.39 is 16.6 Å². The summed E-state index contributed by atoms with van der Waals surface area (Å²) in [5.74, 6) is 0. The van der Waals surface area contributed by atoms with Gasteiger partial charge in [-0.3, -0.25) is 15.0 Å². The Bertz CT molecular complexity index is 508. The normalized spacial score (nSPS) is 11.1. The molecular weight excluding hydrogens is 288 g/mol. The van der Waals surface area contributed by atoms with E-state index in [0.717, 1.165) is 6.42 Å². The SMILES string of the molecule is CCCON(C(=O)OCc1ccc([N+](=O)[O-])cc1)C(C)(C)C. The summed E-state index contributed by atoms with van der Waals surface area (Å²) < 4.78 is 5.21. The van der Waals surface area contributed by atoms with Gasteiger partial charge in [0.05, 0.1) is 17.1 Å². The Kier molecular flexibility index (Phi) is 6.30. The Labute approximate surface area is 129 Å². The molecule has 0 atom stereocenters. The van der Waals surface area contributed by atoms with Crippen molar-refractivity contribution < 1.29 is 19.3 Å². The minimum Gasteiger partial charge on any atom is -0.443 e. The second kappa shape index (κ2) is 7.74. The Hall–Kier alpha value is -2.15. The van der Waals surface area contributed by atoms with Crippen molar-refractivity contribution in [3.05, 3.63) is 39.9 Å². The molecule has 0 N–H and O–H groups in total. The number of hydroxylamine groups is 2. The molecule has 0 bridgehead atoms. The van der Waals surface area contributed by atoms with E-state index in [0.29, 0.717) is 12.2 Å². The van der Waals surface area contributed by atoms with Gasteiger partial charge in [0.15, 0.2) is 0 Å². The number of carbonyl (C=O) groups excluding carboxylic acids is 1. The van der Waals surface area contributed by atoms with Crippen LogP contribution in [-0.2, 0) is 16.2 Å². The van der Waals surface area contributed by atoms with Crippen LogP contribution in [0.3, 0.4) is 0 Å². The fourth-order valence-corrected chi connectivity index (χ4v) is 1.62. The molecule has 122 valence electrons. The Balaban J connectivity index is 2.64. The van der Waals surface area contributed by atoms with Crippen molar-refractivity contribution in [3.63, 3.8) is 0 Å². The number of ether oxygens (including phenoxy) is 1. The number of benzene rings is 1. The maximum atomic E-state index is 12.1. The number of hydrogen-bond acceptors (Lipinski definition) is 5. The van der Waals surface area contributed by atoms with Gasteiger partial charge in [-0.2, -0.15) is 5.06 Å². The zero-order chi connectivity index (χ0) is 16.8. The third-order valence-electron chi connectivity index (χ3n) is 2.71. The van der Waals surface area contributed by atoms with Crippen LogP contribution < -0.4 is 0 Å².